The van der Waals surface area contributed by atoms with Crippen LogP contribution in [-0.2, 0) is 10.0 Å². The van der Waals surface area contributed by atoms with Gasteiger partial charge in [-0.3, -0.25) is 4.90 Å². The summed E-state index contributed by atoms with van der Waals surface area (Å²) in [5.74, 6) is -0.347. The van der Waals surface area contributed by atoms with E-state index in [9.17, 15) is 12.8 Å². The first-order valence-electron chi connectivity index (χ1n) is 6.67. The van der Waals surface area contributed by atoms with E-state index in [0.29, 0.717) is 36.8 Å². The summed E-state index contributed by atoms with van der Waals surface area (Å²) in [5, 5.41) is 0.458. The molecule has 21 heavy (non-hydrogen) atoms. The van der Waals surface area contributed by atoms with Gasteiger partial charge in [-0.1, -0.05) is 11.6 Å². The van der Waals surface area contributed by atoms with Crippen molar-refractivity contribution in [2.45, 2.75) is 6.04 Å². The minimum absolute atomic E-state index is 0.246. The fourth-order valence-electron chi connectivity index (χ4n) is 2.59. The number of rotatable bonds is 4. The summed E-state index contributed by atoms with van der Waals surface area (Å²) in [7, 11) is -3.18. The Kier molecular flexibility index (Phi) is 5.21. The first-order chi connectivity index (χ1) is 9.82. The van der Waals surface area contributed by atoms with Gasteiger partial charge in [-0.15, -0.1) is 0 Å². The maximum atomic E-state index is 14.0. The zero-order valence-electron chi connectivity index (χ0n) is 11.8. The van der Waals surface area contributed by atoms with Crippen LogP contribution in [0.25, 0.3) is 0 Å². The normalized spacial score (nSPS) is 19.6. The third-order valence-corrected chi connectivity index (χ3v) is 5.26. The van der Waals surface area contributed by atoms with Gasteiger partial charge in [-0.05, 0) is 18.2 Å². The van der Waals surface area contributed by atoms with E-state index in [4.69, 9.17) is 17.3 Å². The second-order valence-electron chi connectivity index (χ2n) is 5.12. The molecular weight excluding hydrogens is 317 g/mol. The average molecular weight is 336 g/mol. The number of hydrogen-bond donors (Lipinski definition) is 1. The van der Waals surface area contributed by atoms with Crippen molar-refractivity contribution in [3.05, 3.63) is 34.6 Å². The van der Waals surface area contributed by atoms with Crippen LogP contribution in [0.2, 0.25) is 5.02 Å². The predicted octanol–water partition coefficient (Wildman–Crippen LogP) is 1.06. The van der Waals surface area contributed by atoms with E-state index in [0.717, 1.165) is 0 Å². The number of nitrogens with two attached hydrogens (primary N) is 1. The summed E-state index contributed by atoms with van der Waals surface area (Å²) in [6, 6.07) is 4.10. The van der Waals surface area contributed by atoms with Crippen molar-refractivity contribution in [2.75, 3.05) is 39.0 Å². The van der Waals surface area contributed by atoms with Gasteiger partial charge >= 0.3 is 0 Å². The molecule has 1 aliphatic heterocycles. The Morgan fingerprint density at radius 1 is 1.33 bits per heavy atom. The fourth-order valence-corrected chi connectivity index (χ4v) is 3.60. The van der Waals surface area contributed by atoms with E-state index in [1.54, 1.807) is 6.07 Å². The van der Waals surface area contributed by atoms with Crippen LogP contribution < -0.4 is 5.73 Å². The molecule has 1 atom stereocenters. The third kappa shape index (κ3) is 3.92. The molecule has 1 unspecified atom stereocenters. The van der Waals surface area contributed by atoms with Crippen LogP contribution in [0, 0.1) is 5.82 Å². The lowest BCUT2D eigenvalue weighted by atomic mass is 10.0. The molecule has 1 saturated heterocycles. The number of halogens is 2. The van der Waals surface area contributed by atoms with Gasteiger partial charge in [-0.25, -0.2) is 12.8 Å². The first-order valence-corrected chi connectivity index (χ1v) is 8.89. The van der Waals surface area contributed by atoms with Crippen molar-refractivity contribution in [2.24, 2.45) is 5.73 Å². The second-order valence-corrected chi connectivity index (χ2v) is 7.53. The van der Waals surface area contributed by atoms with Crippen LogP contribution >= 0.6 is 11.6 Å². The van der Waals surface area contributed by atoms with Crippen molar-refractivity contribution in [3.63, 3.8) is 0 Å². The first kappa shape index (κ1) is 16.6. The Morgan fingerprint density at radius 2 is 1.95 bits per heavy atom. The summed E-state index contributed by atoms with van der Waals surface area (Å²) < 4.78 is 38.4. The summed E-state index contributed by atoms with van der Waals surface area (Å²) in [5.41, 5.74) is 6.25. The van der Waals surface area contributed by atoms with Gasteiger partial charge in [0.1, 0.15) is 5.82 Å². The van der Waals surface area contributed by atoms with Crippen molar-refractivity contribution in [3.8, 4) is 0 Å². The number of sulfonamides is 1. The van der Waals surface area contributed by atoms with Crippen molar-refractivity contribution < 1.29 is 12.8 Å². The molecule has 0 amide bonds. The van der Waals surface area contributed by atoms with Crippen molar-refractivity contribution in [1.82, 2.24) is 9.21 Å². The lowest BCUT2D eigenvalue weighted by Gasteiger charge is -2.38. The van der Waals surface area contributed by atoms with Gasteiger partial charge in [-0.2, -0.15) is 4.31 Å². The lowest BCUT2D eigenvalue weighted by Crippen LogP contribution is -2.50. The highest BCUT2D eigenvalue weighted by Gasteiger charge is 2.29. The molecule has 118 valence electrons. The SMILES string of the molecule is CS(=O)(=O)N1CCN(C(CN)c2cc(Cl)ccc2F)CC1. The average Bonchev–Trinajstić information content (AvgIpc) is 2.43. The molecule has 0 radical (unpaired) electrons. The van der Waals surface area contributed by atoms with Crippen molar-refractivity contribution in [1.29, 1.82) is 0 Å². The highest BCUT2D eigenvalue weighted by Crippen LogP contribution is 2.26. The number of benzene rings is 1. The minimum Gasteiger partial charge on any atom is -0.329 e. The topological polar surface area (TPSA) is 66.6 Å². The molecule has 5 nitrogen and oxygen atoms in total. The highest BCUT2D eigenvalue weighted by atomic mass is 35.5. The summed E-state index contributed by atoms with van der Waals surface area (Å²) in [4.78, 5) is 2.00. The molecule has 8 heteroatoms. The van der Waals surface area contributed by atoms with Crippen LogP contribution in [0.15, 0.2) is 18.2 Å². The van der Waals surface area contributed by atoms with E-state index in [1.165, 1.54) is 22.7 Å². The summed E-state index contributed by atoms with van der Waals surface area (Å²) in [6.45, 7) is 2.05. The van der Waals surface area contributed by atoms with Gasteiger partial charge in [0.2, 0.25) is 10.0 Å². The van der Waals surface area contributed by atoms with Gasteiger partial charge in [0.15, 0.2) is 0 Å². The van der Waals surface area contributed by atoms with Crippen LogP contribution in [0.3, 0.4) is 0 Å². The molecule has 1 aliphatic rings. The third-order valence-electron chi connectivity index (χ3n) is 3.72. The maximum absolute atomic E-state index is 14.0. The number of nitrogens with zero attached hydrogens (tertiary/aromatic N) is 2. The lowest BCUT2D eigenvalue weighted by molar-refractivity contribution is 0.138. The standard InChI is InChI=1S/C13H19ClFN3O2S/c1-21(19,20)18-6-4-17(5-7-18)13(9-16)11-8-10(14)2-3-12(11)15/h2-3,8,13H,4-7,9,16H2,1H3. The van der Waals surface area contributed by atoms with E-state index in [2.05, 4.69) is 0 Å². The Labute approximate surface area is 129 Å². The van der Waals surface area contributed by atoms with E-state index in [1.807, 2.05) is 4.90 Å². The molecule has 1 aromatic rings. The van der Waals surface area contributed by atoms with E-state index >= 15 is 0 Å². The molecule has 2 rings (SSSR count). The minimum atomic E-state index is -3.18. The molecule has 0 bridgehead atoms. The predicted molar refractivity (Wildman–Crippen MR) is 81.2 cm³/mol. The number of hydrogen-bond acceptors (Lipinski definition) is 4. The summed E-state index contributed by atoms with van der Waals surface area (Å²) >= 11 is 5.93. The number of piperazine rings is 1. The van der Waals surface area contributed by atoms with E-state index in [-0.39, 0.29) is 18.4 Å². The van der Waals surface area contributed by atoms with Crippen molar-refractivity contribution >= 4 is 21.6 Å². The Bertz CT molecular complexity index is 603. The van der Waals surface area contributed by atoms with Gasteiger partial charge < -0.3 is 5.73 Å². The van der Waals surface area contributed by atoms with Gasteiger partial charge in [0, 0.05) is 43.3 Å². The molecule has 1 heterocycles. The van der Waals surface area contributed by atoms with Crippen LogP contribution in [0.4, 0.5) is 4.39 Å². The van der Waals surface area contributed by atoms with Crippen LogP contribution in [-0.4, -0.2) is 56.6 Å². The van der Waals surface area contributed by atoms with Gasteiger partial charge in [0.25, 0.3) is 0 Å². The molecule has 0 aromatic heterocycles. The molecule has 1 aromatic carbocycles. The molecule has 0 saturated carbocycles. The highest BCUT2D eigenvalue weighted by molar-refractivity contribution is 7.88. The summed E-state index contributed by atoms with van der Waals surface area (Å²) in [6.07, 6.45) is 1.19. The monoisotopic (exact) mass is 335 g/mol. The maximum Gasteiger partial charge on any atom is 0.211 e. The second kappa shape index (κ2) is 6.58. The molecule has 0 spiro atoms. The van der Waals surface area contributed by atoms with Crippen LogP contribution in [0.5, 0.6) is 0 Å². The largest absolute Gasteiger partial charge is 0.329 e. The molecular formula is C13H19ClFN3O2S. The molecule has 1 fully saturated rings. The van der Waals surface area contributed by atoms with E-state index < -0.39 is 10.0 Å². The fraction of sp³-hybridized carbons (Fsp3) is 0.538. The zero-order chi connectivity index (χ0) is 15.6. The van der Waals surface area contributed by atoms with Gasteiger partial charge in [0.05, 0.1) is 12.3 Å². The Balaban J connectivity index is 2.15. The zero-order valence-corrected chi connectivity index (χ0v) is 13.4. The molecule has 2 N–H and O–H groups in total. The smallest absolute Gasteiger partial charge is 0.211 e. The Morgan fingerprint density at radius 3 is 2.48 bits per heavy atom. The Hall–Kier alpha value is -0.730. The van der Waals surface area contributed by atoms with Crippen LogP contribution in [0.1, 0.15) is 11.6 Å². The quantitative estimate of drug-likeness (QED) is 0.893. The molecule has 0 aliphatic carbocycles.